The van der Waals surface area contributed by atoms with E-state index < -0.39 is 13.0 Å². The fourth-order valence-corrected chi connectivity index (χ4v) is 1.14. The van der Waals surface area contributed by atoms with E-state index in [0.717, 1.165) is 13.0 Å². The van der Waals surface area contributed by atoms with Crippen LogP contribution in [0.15, 0.2) is 0 Å². The SMILES string of the molecule is FC(F)(F)OCCOC1CCNC1. The van der Waals surface area contributed by atoms with E-state index in [1.54, 1.807) is 0 Å². The minimum absolute atomic E-state index is 0.00808. The van der Waals surface area contributed by atoms with Gasteiger partial charge < -0.3 is 10.1 Å². The smallest absolute Gasteiger partial charge is 0.374 e. The maximum atomic E-state index is 11.5. The predicted octanol–water partition coefficient (Wildman–Crippen LogP) is 0.901. The molecule has 1 heterocycles. The van der Waals surface area contributed by atoms with Crippen LogP contribution in [0.25, 0.3) is 0 Å². The van der Waals surface area contributed by atoms with E-state index in [4.69, 9.17) is 4.74 Å². The van der Waals surface area contributed by atoms with Crippen molar-refractivity contribution >= 4 is 0 Å². The van der Waals surface area contributed by atoms with Gasteiger partial charge in [0.2, 0.25) is 0 Å². The molecule has 0 aliphatic carbocycles. The Bertz CT molecular complexity index is 145. The van der Waals surface area contributed by atoms with Crippen LogP contribution in [0.1, 0.15) is 6.42 Å². The normalized spacial score (nSPS) is 23.8. The Hall–Kier alpha value is -0.330. The largest absolute Gasteiger partial charge is 0.522 e. The second-order valence-electron chi connectivity index (χ2n) is 2.78. The maximum Gasteiger partial charge on any atom is 0.522 e. The van der Waals surface area contributed by atoms with Crippen LogP contribution in [0, 0.1) is 0 Å². The van der Waals surface area contributed by atoms with Crippen molar-refractivity contribution in [1.82, 2.24) is 5.32 Å². The van der Waals surface area contributed by atoms with Gasteiger partial charge in [0, 0.05) is 6.54 Å². The molecule has 3 nitrogen and oxygen atoms in total. The van der Waals surface area contributed by atoms with Crippen LogP contribution in [0.3, 0.4) is 0 Å². The first-order valence-corrected chi connectivity index (χ1v) is 4.11. The van der Waals surface area contributed by atoms with Gasteiger partial charge in [-0.1, -0.05) is 0 Å². The molecule has 1 N–H and O–H groups in total. The molecule has 0 radical (unpaired) electrons. The summed E-state index contributed by atoms with van der Waals surface area (Å²) in [5.74, 6) is 0. The Morgan fingerprint density at radius 1 is 1.31 bits per heavy atom. The molecule has 78 valence electrons. The minimum atomic E-state index is -4.54. The summed E-state index contributed by atoms with van der Waals surface area (Å²) in [6, 6.07) is 0. The van der Waals surface area contributed by atoms with E-state index in [-0.39, 0.29) is 12.7 Å². The Morgan fingerprint density at radius 3 is 2.62 bits per heavy atom. The lowest BCUT2D eigenvalue weighted by Gasteiger charge is -2.11. The molecule has 1 atom stereocenters. The summed E-state index contributed by atoms with van der Waals surface area (Å²) in [4.78, 5) is 0. The number of ether oxygens (including phenoxy) is 2. The third-order valence-electron chi connectivity index (χ3n) is 1.72. The van der Waals surface area contributed by atoms with E-state index in [1.807, 2.05) is 0 Å². The average molecular weight is 199 g/mol. The monoisotopic (exact) mass is 199 g/mol. The topological polar surface area (TPSA) is 30.5 Å². The van der Waals surface area contributed by atoms with Crippen LogP contribution in [0.4, 0.5) is 13.2 Å². The van der Waals surface area contributed by atoms with Crippen molar-refractivity contribution in [1.29, 1.82) is 0 Å². The van der Waals surface area contributed by atoms with Gasteiger partial charge in [-0.05, 0) is 13.0 Å². The predicted molar refractivity (Wildman–Crippen MR) is 39.2 cm³/mol. The first kappa shape index (κ1) is 10.7. The summed E-state index contributed by atoms with van der Waals surface area (Å²) < 4.78 is 43.1. The molecule has 0 aromatic heterocycles. The lowest BCUT2D eigenvalue weighted by atomic mass is 10.3. The molecule has 0 spiro atoms. The molecular formula is C7H12F3NO2. The van der Waals surface area contributed by atoms with Crippen molar-refractivity contribution in [3.05, 3.63) is 0 Å². The molecule has 0 amide bonds. The summed E-state index contributed by atoms with van der Waals surface area (Å²) >= 11 is 0. The van der Waals surface area contributed by atoms with E-state index >= 15 is 0 Å². The number of alkyl halides is 3. The van der Waals surface area contributed by atoms with Gasteiger partial charge in [-0.15, -0.1) is 13.2 Å². The summed E-state index contributed by atoms with van der Waals surface area (Å²) in [6.45, 7) is 1.14. The van der Waals surface area contributed by atoms with Gasteiger partial charge in [0.15, 0.2) is 0 Å². The Balaban J connectivity index is 1.94. The number of hydrogen-bond donors (Lipinski definition) is 1. The van der Waals surface area contributed by atoms with Crippen LogP contribution in [-0.4, -0.2) is 38.8 Å². The van der Waals surface area contributed by atoms with Gasteiger partial charge in [0.25, 0.3) is 0 Å². The molecule has 0 aromatic rings. The molecular weight excluding hydrogens is 187 g/mol. The van der Waals surface area contributed by atoms with E-state index in [2.05, 4.69) is 10.1 Å². The summed E-state index contributed by atoms with van der Waals surface area (Å²) in [5.41, 5.74) is 0. The lowest BCUT2D eigenvalue weighted by Crippen LogP contribution is -2.22. The van der Waals surface area contributed by atoms with Crippen LogP contribution in [0.5, 0.6) is 0 Å². The van der Waals surface area contributed by atoms with Gasteiger partial charge in [0.1, 0.15) is 0 Å². The highest BCUT2D eigenvalue weighted by molar-refractivity contribution is 4.70. The number of halogens is 3. The van der Waals surface area contributed by atoms with Gasteiger partial charge in [-0.2, -0.15) is 0 Å². The van der Waals surface area contributed by atoms with Crippen LogP contribution < -0.4 is 5.32 Å². The number of nitrogens with one attached hydrogen (secondary N) is 1. The molecule has 1 fully saturated rings. The molecule has 1 unspecified atom stereocenters. The zero-order valence-corrected chi connectivity index (χ0v) is 7.06. The minimum Gasteiger partial charge on any atom is -0.374 e. The first-order chi connectivity index (χ1) is 6.08. The van der Waals surface area contributed by atoms with Crippen LogP contribution in [-0.2, 0) is 9.47 Å². The Labute approximate surface area is 74.2 Å². The van der Waals surface area contributed by atoms with Gasteiger partial charge in [-0.25, -0.2) is 0 Å². The third-order valence-corrected chi connectivity index (χ3v) is 1.72. The number of rotatable bonds is 4. The van der Waals surface area contributed by atoms with Crippen molar-refractivity contribution in [2.45, 2.75) is 18.9 Å². The van der Waals surface area contributed by atoms with Gasteiger partial charge in [0.05, 0.1) is 19.3 Å². The second-order valence-corrected chi connectivity index (χ2v) is 2.78. The lowest BCUT2D eigenvalue weighted by molar-refractivity contribution is -0.327. The highest BCUT2D eigenvalue weighted by atomic mass is 19.4. The fourth-order valence-electron chi connectivity index (χ4n) is 1.14. The van der Waals surface area contributed by atoms with Crippen LogP contribution in [0.2, 0.25) is 0 Å². The van der Waals surface area contributed by atoms with Crippen molar-refractivity contribution < 1.29 is 22.6 Å². The van der Waals surface area contributed by atoms with Crippen molar-refractivity contribution in [3.63, 3.8) is 0 Å². The first-order valence-electron chi connectivity index (χ1n) is 4.11. The molecule has 1 rings (SSSR count). The molecule has 0 bridgehead atoms. The third kappa shape index (κ3) is 5.07. The average Bonchev–Trinajstić information content (AvgIpc) is 2.48. The molecule has 13 heavy (non-hydrogen) atoms. The maximum absolute atomic E-state index is 11.5. The zero-order chi connectivity index (χ0) is 9.73. The summed E-state index contributed by atoms with van der Waals surface area (Å²) in [7, 11) is 0. The molecule has 1 aliphatic heterocycles. The fraction of sp³-hybridized carbons (Fsp3) is 1.00. The Kier molecular flexibility index (Phi) is 3.95. The zero-order valence-electron chi connectivity index (χ0n) is 7.06. The molecule has 0 aromatic carbocycles. The van der Waals surface area contributed by atoms with Crippen molar-refractivity contribution in [3.8, 4) is 0 Å². The van der Waals surface area contributed by atoms with E-state index in [9.17, 15) is 13.2 Å². The molecule has 6 heteroatoms. The molecule has 1 saturated heterocycles. The Morgan fingerprint density at radius 2 is 2.08 bits per heavy atom. The van der Waals surface area contributed by atoms with E-state index in [1.165, 1.54) is 0 Å². The van der Waals surface area contributed by atoms with Crippen LogP contribution >= 0.6 is 0 Å². The molecule has 1 aliphatic rings. The highest BCUT2D eigenvalue weighted by Crippen LogP contribution is 2.15. The molecule has 0 saturated carbocycles. The quantitative estimate of drug-likeness (QED) is 0.682. The standard InChI is InChI=1S/C7H12F3NO2/c8-7(9,10)13-4-3-12-6-1-2-11-5-6/h6,11H,1-5H2. The highest BCUT2D eigenvalue weighted by Gasteiger charge is 2.28. The van der Waals surface area contributed by atoms with Gasteiger partial charge in [-0.3, -0.25) is 4.74 Å². The van der Waals surface area contributed by atoms with Crippen molar-refractivity contribution in [2.75, 3.05) is 26.3 Å². The summed E-state index contributed by atoms with van der Waals surface area (Å²) in [5, 5.41) is 3.04. The summed E-state index contributed by atoms with van der Waals surface area (Å²) in [6.07, 6.45) is -3.65. The second kappa shape index (κ2) is 4.78. The van der Waals surface area contributed by atoms with Crippen molar-refractivity contribution in [2.24, 2.45) is 0 Å². The van der Waals surface area contributed by atoms with Gasteiger partial charge >= 0.3 is 6.36 Å². The van der Waals surface area contributed by atoms with E-state index in [0.29, 0.717) is 6.54 Å². The number of hydrogen-bond acceptors (Lipinski definition) is 3.